The summed E-state index contributed by atoms with van der Waals surface area (Å²) >= 11 is 0. The molecule has 0 saturated heterocycles. The summed E-state index contributed by atoms with van der Waals surface area (Å²) in [6.45, 7) is 7.16. The maximum absolute atomic E-state index is 13.8. The number of nitrogens with one attached hydrogen (secondary N) is 1. The summed E-state index contributed by atoms with van der Waals surface area (Å²) in [5, 5.41) is 2.88. The maximum Gasteiger partial charge on any atom is 0.264 e. The number of sulfonamides is 1. The summed E-state index contributed by atoms with van der Waals surface area (Å²) in [5.41, 5.74) is 4.65. The fourth-order valence-corrected chi connectivity index (χ4v) is 5.26. The van der Waals surface area contributed by atoms with Crippen LogP contribution in [0.25, 0.3) is 0 Å². The van der Waals surface area contributed by atoms with E-state index < -0.39 is 22.5 Å². The molecule has 0 bridgehead atoms. The number of ether oxygens (including phenoxy) is 2. The molecule has 3 aromatic rings. The lowest BCUT2D eigenvalue weighted by molar-refractivity contribution is -0.114. The van der Waals surface area contributed by atoms with E-state index in [1.807, 2.05) is 52.0 Å². The van der Waals surface area contributed by atoms with Gasteiger partial charge in [0.05, 0.1) is 24.8 Å². The van der Waals surface area contributed by atoms with Gasteiger partial charge in [-0.05, 0) is 74.2 Å². The van der Waals surface area contributed by atoms with Crippen LogP contribution in [0.3, 0.4) is 0 Å². The van der Waals surface area contributed by atoms with Gasteiger partial charge in [0.2, 0.25) is 5.91 Å². The molecule has 0 spiro atoms. The van der Waals surface area contributed by atoms with Gasteiger partial charge in [0, 0.05) is 11.8 Å². The number of aryl methyl sites for hydroxylation is 4. The lowest BCUT2D eigenvalue weighted by Gasteiger charge is -2.25. The predicted octanol–water partition coefficient (Wildman–Crippen LogP) is 4.77. The summed E-state index contributed by atoms with van der Waals surface area (Å²) in [6, 6.07) is 15.5. The van der Waals surface area contributed by atoms with Crippen molar-refractivity contribution < 1.29 is 22.7 Å². The second kappa shape index (κ2) is 10.2. The zero-order valence-corrected chi connectivity index (χ0v) is 21.1. The Kier molecular flexibility index (Phi) is 7.51. The number of benzene rings is 3. The molecule has 34 heavy (non-hydrogen) atoms. The van der Waals surface area contributed by atoms with Gasteiger partial charge in [-0.15, -0.1) is 0 Å². The summed E-state index contributed by atoms with van der Waals surface area (Å²) in [6.07, 6.45) is 0. The number of anilines is 2. The second-order valence-electron chi connectivity index (χ2n) is 8.19. The van der Waals surface area contributed by atoms with E-state index in [1.54, 1.807) is 12.1 Å². The summed E-state index contributed by atoms with van der Waals surface area (Å²) in [4.78, 5) is 13.1. The van der Waals surface area contributed by atoms with Gasteiger partial charge in [-0.25, -0.2) is 8.42 Å². The molecule has 1 N–H and O–H groups in total. The lowest BCUT2D eigenvalue weighted by atomic mass is 10.1. The van der Waals surface area contributed by atoms with Gasteiger partial charge in [-0.1, -0.05) is 24.3 Å². The van der Waals surface area contributed by atoms with E-state index in [-0.39, 0.29) is 10.6 Å². The number of hydrogen-bond donors (Lipinski definition) is 1. The Morgan fingerprint density at radius 1 is 0.853 bits per heavy atom. The largest absolute Gasteiger partial charge is 0.493 e. The van der Waals surface area contributed by atoms with Crippen LogP contribution in [0.2, 0.25) is 0 Å². The third-order valence-corrected chi connectivity index (χ3v) is 7.24. The standard InChI is InChI=1S/C26H30N2O5S/c1-17-12-18(2)14-21(13-17)28(16-25(29)27-26-19(3)8-7-9-20(26)4)34(30,31)22-10-11-23(32-5)24(15-22)33-6/h7-15H,16H2,1-6H3,(H,27,29). The van der Waals surface area contributed by atoms with Gasteiger partial charge in [-0.3, -0.25) is 9.10 Å². The molecule has 0 saturated carbocycles. The van der Waals surface area contributed by atoms with Crippen LogP contribution in [0.1, 0.15) is 22.3 Å². The Morgan fingerprint density at radius 3 is 2.00 bits per heavy atom. The van der Waals surface area contributed by atoms with Crippen molar-refractivity contribution in [1.29, 1.82) is 0 Å². The highest BCUT2D eigenvalue weighted by molar-refractivity contribution is 7.92. The highest BCUT2D eigenvalue weighted by Gasteiger charge is 2.29. The summed E-state index contributed by atoms with van der Waals surface area (Å²) in [5.74, 6) is 0.247. The average Bonchev–Trinajstić information content (AvgIpc) is 2.78. The molecule has 0 aliphatic rings. The number of para-hydroxylation sites is 1. The number of amides is 1. The molecule has 180 valence electrons. The van der Waals surface area contributed by atoms with Crippen LogP contribution in [0, 0.1) is 27.7 Å². The first-order chi connectivity index (χ1) is 16.1. The molecule has 0 aromatic heterocycles. The van der Waals surface area contributed by atoms with E-state index in [0.717, 1.165) is 26.6 Å². The molecule has 0 radical (unpaired) electrons. The van der Waals surface area contributed by atoms with Crippen molar-refractivity contribution in [2.24, 2.45) is 0 Å². The van der Waals surface area contributed by atoms with Gasteiger partial charge < -0.3 is 14.8 Å². The number of hydrogen-bond acceptors (Lipinski definition) is 5. The van der Waals surface area contributed by atoms with Crippen LogP contribution in [0.5, 0.6) is 11.5 Å². The first-order valence-corrected chi connectivity index (χ1v) is 12.2. The Morgan fingerprint density at radius 2 is 1.44 bits per heavy atom. The molecule has 7 nitrogen and oxygen atoms in total. The normalized spacial score (nSPS) is 11.1. The van der Waals surface area contributed by atoms with E-state index in [4.69, 9.17) is 9.47 Å². The van der Waals surface area contributed by atoms with Gasteiger partial charge >= 0.3 is 0 Å². The van der Waals surface area contributed by atoms with E-state index >= 15 is 0 Å². The van der Waals surface area contributed by atoms with Crippen molar-refractivity contribution in [2.45, 2.75) is 32.6 Å². The minimum atomic E-state index is -4.12. The van der Waals surface area contributed by atoms with E-state index in [9.17, 15) is 13.2 Å². The predicted molar refractivity (Wildman–Crippen MR) is 135 cm³/mol. The molecule has 0 aliphatic carbocycles. The average molecular weight is 483 g/mol. The SMILES string of the molecule is COc1ccc(S(=O)(=O)N(CC(=O)Nc2c(C)cccc2C)c2cc(C)cc(C)c2)cc1OC. The van der Waals surface area contributed by atoms with Crippen LogP contribution in [-0.2, 0) is 14.8 Å². The molecule has 8 heteroatoms. The van der Waals surface area contributed by atoms with Gasteiger partial charge in [0.15, 0.2) is 11.5 Å². The Hall–Kier alpha value is -3.52. The van der Waals surface area contributed by atoms with Crippen molar-refractivity contribution >= 4 is 27.3 Å². The zero-order chi connectivity index (χ0) is 25.0. The van der Waals surface area contributed by atoms with Crippen LogP contribution in [0.4, 0.5) is 11.4 Å². The molecular formula is C26H30N2O5S. The molecule has 0 fully saturated rings. The molecule has 0 aliphatic heterocycles. The van der Waals surface area contributed by atoms with E-state index in [0.29, 0.717) is 17.1 Å². The third kappa shape index (κ3) is 5.34. The van der Waals surface area contributed by atoms with Crippen molar-refractivity contribution in [2.75, 3.05) is 30.4 Å². The topological polar surface area (TPSA) is 84.9 Å². The molecule has 3 rings (SSSR count). The minimum absolute atomic E-state index is 0.0100. The monoisotopic (exact) mass is 482 g/mol. The highest BCUT2D eigenvalue weighted by atomic mass is 32.2. The smallest absolute Gasteiger partial charge is 0.264 e. The third-order valence-electron chi connectivity index (χ3n) is 5.47. The van der Waals surface area contributed by atoms with Crippen LogP contribution >= 0.6 is 0 Å². The fraction of sp³-hybridized carbons (Fsp3) is 0.269. The summed E-state index contributed by atoms with van der Waals surface area (Å²) < 4.78 is 39.2. The molecular weight excluding hydrogens is 452 g/mol. The Balaban J connectivity index is 2.06. The lowest BCUT2D eigenvalue weighted by Crippen LogP contribution is -2.38. The van der Waals surface area contributed by atoms with Gasteiger partial charge in [-0.2, -0.15) is 0 Å². The minimum Gasteiger partial charge on any atom is -0.493 e. The summed E-state index contributed by atoms with van der Waals surface area (Å²) in [7, 11) is -1.20. The number of carbonyl (C=O) groups is 1. The van der Waals surface area contributed by atoms with Crippen molar-refractivity contribution in [3.8, 4) is 11.5 Å². The van der Waals surface area contributed by atoms with Gasteiger partial charge in [0.25, 0.3) is 10.0 Å². The van der Waals surface area contributed by atoms with Crippen molar-refractivity contribution in [3.63, 3.8) is 0 Å². The quantitative estimate of drug-likeness (QED) is 0.500. The molecule has 0 heterocycles. The van der Waals surface area contributed by atoms with Crippen LogP contribution < -0.4 is 19.1 Å². The van der Waals surface area contributed by atoms with Crippen molar-refractivity contribution in [3.05, 3.63) is 76.9 Å². The first-order valence-electron chi connectivity index (χ1n) is 10.8. The first kappa shape index (κ1) is 25.1. The Bertz CT molecular complexity index is 1280. The molecule has 3 aromatic carbocycles. The number of nitrogens with zero attached hydrogens (tertiary/aromatic N) is 1. The molecule has 0 unspecified atom stereocenters. The number of rotatable bonds is 8. The number of carbonyl (C=O) groups excluding carboxylic acids is 1. The van der Waals surface area contributed by atoms with Crippen LogP contribution in [0.15, 0.2) is 59.5 Å². The van der Waals surface area contributed by atoms with Crippen molar-refractivity contribution in [1.82, 2.24) is 0 Å². The Labute approximate surface area is 201 Å². The van der Waals surface area contributed by atoms with E-state index in [1.165, 1.54) is 32.4 Å². The molecule has 0 atom stereocenters. The second-order valence-corrected chi connectivity index (χ2v) is 10.1. The number of methoxy groups -OCH3 is 2. The fourth-order valence-electron chi connectivity index (χ4n) is 3.83. The highest BCUT2D eigenvalue weighted by Crippen LogP contribution is 2.33. The van der Waals surface area contributed by atoms with E-state index in [2.05, 4.69) is 5.32 Å². The van der Waals surface area contributed by atoms with Gasteiger partial charge in [0.1, 0.15) is 6.54 Å². The maximum atomic E-state index is 13.8. The molecule has 1 amide bonds. The zero-order valence-electron chi connectivity index (χ0n) is 20.3. The van der Waals surface area contributed by atoms with Crippen LogP contribution in [-0.4, -0.2) is 35.1 Å².